The molecule has 0 saturated heterocycles. The van der Waals surface area contributed by atoms with Crippen molar-refractivity contribution in [2.45, 2.75) is 19.5 Å². The van der Waals surface area contributed by atoms with Crippen LogP contribution in [0.4, 0.5) is 0 Å². The number of halogens is 1. The largest absolute Gasteiger partial charge is 0.425 e. The fraction of sp³-hybridized carbons (Fsp3) is 0.227. The molecule has 0 saturated carbocycles. The molecule has 31 heavy (non-hydrogen) atoms. The van der Waals surface area contributed by atoms with Crippen LogP contribution in [0.2, 0.25) is 5.02 Å². The van der Waals surface area contributed by atoms with Gasteiger partial charge in [-0.15, -0.1) is 0 Å². The first-order valence-electron chi connectivity index (χ1n) is 9.87. The van der Waals surface area contributed by atoms with Crippen LogP contribution in [0.25, 0.3) is 11.2 Å². The Kier molecular flexibility index (Phi) is 5.92. The Balaban J connectivity index is 1.93. The Morgan fingerprint density at radius 1 is 1.03 bits per heavy atom. The number of aryl methyl sites for hydroxylation is 1. The molecule has 0 fully saturated rings. The van der Waals surface area contributed by atoms with Gasteiger partial charge < -0.3 is 10.5 Å². The highest BCUT2D eigenvalue weighted by molar-refractivity contribution is 6.30. The van der Waals surface area contributed by atoms with E-state index in [4.69, 9.17) is 22.1 Å². The lowest BCUT2D eigenvalue weighted by Crippen LogP contribution is -2.40. The highest BCUT2D eigenvalue weighted by atomic mass is 35.5. The third-order valence-electron chi connectivity index (χ3n) is 4.99. The molecule has 2 N–H and O–H groups in total. The Labute approximate surface area is 183 Å². The first-order chi connectivity index (χ1) is 15.0. The van der Waals surface area contributed by atoms with Gasteiger partial charge in [0.25, 0.3) is 5.56 Å². The van der Waals surface area contributed by atoms with E-state index in [1.165, 1.54) is 9.13 Å². The molecular formula is C22H22ClN5O3. The van der Waals surface area contributed by atoms with Crippen LogP contribution in [0.5, 0.6) is 11.8 Å². The van der Waals surface area contributed by atoms with Crippen LogP contribution in [0.15, 0.2) is 64.2 Å². The van der Waals surface area contributed by atoms with Crippen LogP contribution in [-0.2, 0) is 20.1 Å². The second-order valence-corrected chi connectivity index (χ2v) is 7.57. The van der Waals surface area contributed by atoms with Crippen molar-refractivity contribution in [3.05, 3.63) is 86.0 Å². The standard InChI is InChI=1S/C22H22ClN5O3/c1-26-19-18(20(29)27(22(26)30)13-5-12-24)28(14-15-8-10-16(23)11-9-15)21(25-19)31-17-6-3-2-4-7-17/h2-4,6-11H,5,12-14,24H2,1H3. The first-order valence-corrected chi connectivity index (χ1v) is 10.2. The van der Waals surface area contributed by atoms with Gasteiger partial charge in [0.1, 0.15) is 5.75 Å². The zero-order valence-electron chi connectivity index (χ0n) is 17.0. The SMILES string of the molecule is Cn1c(=O)n(CCCN)c(=O)c2c1nc(Oc1ccccc1)n2Cc1ccc(Cl)cc1. The second kappa shape index (κ2) is 8.79. The maximum absolute atomic E-state index is 13.3. The van der Waals surface area contributed by atoms with Gasteiger partial charge in [-0.25, -0.2) is 4.79 Å². The van der Waals surface area contributed by atoms with Crippen LogP contribution in [-0.4, -0.2) is 25.2 Å². The molecule has 0 radical (unpaired) electrons. The quantitative estimate of drug-likeness (QED) is 0.477. The summed E-state index contributed by atoms with van der Waals surface area (Å²) >= 11 is 6.01. The summed E-state index contributed by atoms with van der Waals surface area (Å²) in [6, 6.07) is 16.7. The van der Waals surface area contributed by atoms with Crippen LogP contribution in [0.3, 0.4) is 0 Å². The molecule has 0 aliphatic carbocycles. The van der Waals surface area contributed by atoms with Crippen LogP contribution < -0.4 is 21.7 Å². The van der Waals surface area contributed by atoms with Crippen molar-refractivity contribution in [2.75, 3.05) is 6.54 Å². The predicted molar refractivity (Wildman–Crippen MR) is 120 cm³/mol. The fourth-order valence-corrected chi connectivity index (χ4v) is 3.52. The molecule has 0 amide bonds. The van der Waals surface area contributed by atoms with E-state index in [-0.39, 0.29) is 18.2 Å². The molecule has 4 aromatic rings. The number of rotatable bonds is 7. The van der Waals surface area contributed by atoms with Crippen molar-refractivity contribution >= 4 is 22.8 Å². The van der Waals surface area contributed by atoms with E-state index in [0.717, 1.165) is 5.56 Å². The maximum Gasteiger partial charge on any atom is 0.332 e. The molecule has 9 heteroatoms. The molecule has 0 unspecified atom stereocenters. The molecule has 0 spiro atoms. The maximum atomic E-state index is 13.3. The van der Waals surface area contributed by atoms with E-state index in [0.29, 0.717) is 35.8 Å². The number of nitrogens with zero attached hydrogens (tertiary/aromatic N) is 4. The lowest BCUT2D eigenvalue weighted by atomic mass is 10.2. The molecule has 4 rings (SSSR count). The molecule has 8 nitrogen and oxygen atoms in total. The number of hydrogen-bond donors (Lipinski definition) is 1. The fourth-order valence-electron chi connectivity index (χ4n) is 3.39. The zero-order chi connectivity index (χ0) is 22.0. The summed E-state index contributed by atoms with van der Waals surface area (Å²) in [7, 11) is 1.59. The van der Waals surface area contributed by atoms with Crippen LogP contribution in [0, 0.1) is 0 Å². The molecule has 0 atom stereocenters. The smallest absolute Gasteiger partial charge is 0.332 e. The summed E-state index contributed by atoms with van der Waals surface area (Å²) < 4.78 is 10.3. The summed E-state index contributed by atoms with van der Waals surface area (Å²) in [5.74, 6) is 0.573. The van der Waals surface area contributed by atoms with E-state index >= 15 is 0 Å². The van der Waals surface area contributed by atoms with Crippen molar-refractivity contribution in [3.8, 4) is 11.8 Å². The van der Waals surface area contributed by atoms with E-state index < -0.39 is 11.2 Å². The van der Waals surface area contributed by atoms with Gasteiger partial charge in [-0.05, 0) is 42.8 Å². The predicted octanol–water partition coefficient (Wildman–Crippen LogP) is 2.74. The number of ether oxygens (including phenoxy) is 1. The van der Waals surface area contributed by atoms with Gasteiger partial charge in [-0.3, -0.25) is 18.5 Å². The van der Waals surface area contributed by atoms with Crippen molar-refractivity contribution in [1.82, 2.24) is 18.7 Å². The third-order valence-corrected chi connectivity index (χ3v) is 5.24. The highest BCUT2D eigenvalue weighted by Gasteiger charge is 2.21. The van der Waals surface area contributed by atoms with Gasteiger partial charge in [0.15, 0.2) is 11.2 Å². The molecule has 2 aromatic carbocycles. The number of aromatic nitrogens is 4. The summed E-state index contributed by atoms with van der Waals surface area (Å²) in [6.45, 7) is 0.930. The van der Waals surface area contributed by atoms with Gasteiger partial charge in [0.05, 0.1) is 6.54 Å². The van der Waals surface area contributed by atoms with Gasteiger partial charge >= 0.3 is 11.7 Å². The summed E-state index contributed by atoms with van der Waals surface area (Å²) in [6.07, 6.45) is 0.513. The average Bonchev–Trinajstić information content (AvgIpc) is 3.12. The Bertz CT molecular complexity index is 1320. The monoisotopic (exact) mass is 439 g/mol. The molecular weight excluding hydrogens is 418 g/mol. The van der Waals surface area contributed by atoms with Crippen molar-refractivity contribution < 1.29 is 4.74 Å². The minimum Gasteiger partial charge on any atom is -0.425 e. The van der Waals surface area contributed by atoms with E-state index in [1.54, 1.807) is 35.9 Å². The average molecular weight is 440 g/mol. The topological polar surface area (TPSA) is 97.1 Å². The van der Waals surface area contributed by atoms with Crippen LogP contribution in [0.1, 0.15) is 12.0 Å². The van der Waals surface area contributed by atoms with E-state index in [1.807, 2.05) is 30.3 Å². The molecule has 0 aliphatic rings. The molecule has 160 valence electrons. The molecule has 0 bridgehead atoms. The zero-order valence-corrected chi connectivity index (χ0v) is 17.7. The number of para-hydroxylation sites is 1. The normalized spacial score (nSPS) is 11.2. The van der Waals surface area contributed by atoms with Gasteiger partial charge in [0, 0.05) is 18.6 Å². The Morgan fingerprint density at radius 2 is 1.74 bits per heavy atom. The number of hydrogen-bond acceptors (Lipinski definition) is 5. The third kappa shape index (κ3) is 4.12. The molecule has 2 aromatic heterocycles. The van der Waals surface area contributed by atoms with Crippen molar-refractivity contribution in [1.29, 1.82) is 0 Å². The molecule has 2 heterocycles. The first kappa shape index (κ1) is 20.9. The molecule has 0 aliphatic heterocycles. The van der Waals surface area contributed by atoms with E-state index in [9.17, 15) is 9.59 Å². The number of fused-ring (bicyclic) bond motifs is 1. The van der Waals surface area contributed by atoms with Gasteiger partial charge in [-0.1, -0.05) is 41.9 Å². The summed E-state index contributed by atoms with van der Waals surface area (Å²) in [5, 5.41) is 0.617. The van der Waals surface area contributed by atoms with E-state index in [2.05, 4.69) is 4.98 Å². The number of benzene rings is 2. The minimum absolute atomic E-state index is 0.222. The lowest BCUT2D eigenvalue weighted by molar-refractivity contribution is 0.421. The highest BCUT2D eigenvalue weighted by Crippen LogP contribution is 2.25. The van der Waals surface area contributed by atoms with Crippen LogP contribution >= 0.6 is 11.6 Å². The Morgan fingerprint density at radius 3 is 2.42 bits per heavy atom. The second-order valence-electron chi connectivity index (χ2n) is 7.13. The van der Waals surface area contributed by atoms with Crippen molar-refractivity contribution in [2.24, 2.45) is 12.8 Å². The number of imidazole rings is 1. The summed E-state index contributed by atoms with van der Waals surface area (Å²) in [4.78, 5) is 30.6. The summed E-state index contributed by atoms with van der Waals surface area (Å²) in [5.41, 5.74) is 6.19. The number of nitrogens with two attached hydrogens (primary N) is 1. The Hall–Kier alpha value is -3.36. The van der Waals surface area contributed by atoms with Crippen molar-refractivity contribution in [3.63, 3.8) is 0 Å². The van der Waals surface area contributed by atoms with Gasteiger partial charge in [0.2, 0.25) is 0 Å². The minimum atomic E-state index is -0.437. The lowest BCUT2D eigenvalue weighted by Gasteiger charge is -2.11. The van der Waals surface area contributed by atoms with Gasteiger partial charge in [-0.2, -0.15) is 4.98 Å².